The summed E-state index contributed by atoms with van der Waals surface area (Å²) >= 11 is 3.36. The lowest BCUT2D eigenvalue weighted by Crippen LogP contribution is -2.30. The first kappa shape index (κ1) is 15.9. The molecular weight excluding hydrogens is 354 g/mol. The highest BCUT2D eigenvalue weighted by atomic mass is 79.9. The third-order valence-electron chi connectivity index (χ3n) is 4.09. The quantitative estimate of drug-likeness (QED) is 0.789. The molecule has 1 amide bonds. The van der Waals surface area contributed by atoms with Crippen molar-refractivity contribution in [2.24, 2.45) is 0 Å². The lowest BCUT2D eigenvalue weighted by molar-refractivity contribution is 0.102. The van der Waals surface area contributed by atoms with Crippen molar-refractivity contribution in [1.82, 2.24) is 0 Å². The van der Waals surface area contributed by atoms with E-state index in [0.29, 0.717) is 11.3 Å². The number of halogens is 1. The van der Waals surface area contributed by atoms with Crippen molar-refractivity contribution in [2.45, 2.75) is 19.3 Å². The molecular formula is C18H20BrN3O. The number of anilines is 3. The number of nitrogens with two attached hydrogens (primary N) is 1. The molecule has 3 N–H and O–H groups in total. The van der Waals surface area contributed by atoms with E-state index in [2.05, 4.69) is 26.1 Å². The van der Waals surface area contributed by atoms with Gasteiger partial charge in [0.25, 0.3) is 5.91 Å². The second-order valence-corrected chi connectivity index (χ2v) is 6.70. The van der Waals surface area contributed by atoms with E-state index < -0.39 is 0 Å². The zero-order valence-electron chi connectivity index (χ0n) is 12.9. The minimum atomic E-state index is -0.136. The summed E-state index contributed by atoms with van der Waals surface area (Å²) in [5.74, 6) is -0.136. The van der Waals surface area contributed by atoms with E-state index in [-0.39, 0.29) is 5.91 Å². The van der Waals surface area contributed by atoms with Crippen LogP contribution in [0.4, 0.5) is 17.1 Å². The second kappa shape index (κ2) is 7.04. The Balaban J connectivity index is 1.72. The van der Waals surface area contributed by atoms with Gasteiger partial charge in [0, 0.05) is 28.8 Å². The Morgan fingerprint density at radius 2 is 1.74 bits per heavy atom. The van der Waals surface area contributed by atoms with Gasteiger partial charge >= 0.3 is 0 Å². The minimum absolute atomic E-state index is 0.136. The van der Waals surface area contributed by atoms with Gasteiger partial charge in [0.1, 0.15) is 0 Å². The maximum atomic E-state index is 12.2. The average molecular weight is 374 g/mol. The third-order valence-corrected chi connectivity index (χ3v) is 4.62. The lowest BCUT2D eigenvalue weighted by atomic mass is 10.1. The van der Waals surface area contributed by atoms with Crippen LogP contribution in [0.5, 0.6) is 0 Å². The van der Waals surface area contributed by atoms with Crippen molar-refractivity contribution in [3.05, 3.63) is 52.5 Å². The molecule has 1 fully saturated rings. The van der Waals surface area contributed by atoms with Crippen molar-refractivity contribution in [3.8, 4) is 0 Å². The molecule has 1 saturated heterocycles. The third kappa shape index (κ3) is 3.85. The maximum Gasteiger partial charge on any atom is 0.255 e. The van der Waals surface area contributed by atoms with E-state index in [4.69, 9.17) is 5.73 Å². The van der Waals surface area contributed by atoms with E-state index in [1.54, 1.807) is 12.1 Å². The number of piperidine rings is 1. The molecule has 2 aromatic rings. The Hall–Kier alpha value is -2.01. The fourth-order valence-corrected chi connectivity index (χ4v) is 3.12. The van der Waals surface area contributed by atoms with Gasteiger partial charge in [-0.2, -0.15) is 0 Å². The average Bonchev–Trinajstić information content (AvgIpc) is 2.56. The Kier molecular flexibility index (Phi) is 4.86. The number of benzene rings is 2. The Morgan fingerprint density at radius 3 is 2.39 bits per heavy atom. The number of hydrogen-bond acceptors (Lipinski definition) is 3. The Bertz CT molecular complexity index is 694. The van der Waals surface area contributed by atoms with E-state index >= 15 is 0 Å². The van der Waals surface area contributed by atoms with Gasteiger partial charge in [0.15, 0.2) is 0 Å². The van der Waals surface area contributed by atoms with Crippen LogP contribution in [0.1, 0.15) is 29.6 Å². The number of nitrogens with one attached hydrogen (secondary N) is 1. The van der Waals surface area contributed by atoms with Gasteiger partial charge in [-0.3, -0.25) is 4.79 Å². The van der Waals surface area contributed by atoms with Crippen LogP contribution < -0.4 is 16.0 Å². The van der Waals surface area contributed by atoms with E-state index in [1.807, 2.05) is 30.3 Å². The van der Waals surface area contributed by atoms with Gasteiger partial charge in [0.05, 0.1) is 11.4 Å². The minimum Gasteiger partial charge on any atom is -0.397 e. The van der Waals surface area contributed by atoms with Crippen molar-refractivity contribution < 1.29 is 4.79 Å². The molecule has 0 spiro atoms. The Morgan fingerprint density at radius 1 is 1.04 bits per heavy atom. The van der Waals surface area contributed by atoms with Crippen molar-refractivity contribution in [3.63, 3.8) is 0 Å². The molecule has 1 heterocycles. The summed E-state index contributed by atoms with van der Waals surface area (Å²) in [7, 11) is 0. The standard InChI is InChI=1S/C18H20BrN3O/c19-14-6-4-13(5-7-14)18(23)21-15-8-9-17(16(20)12-15)22-10-2-1-3-11-22/h4-9,12H,1-3,10-11,20H2,(H,21,23). The van der Waals surface area contributed by atoms with Gasteiger partial charge in [-0.1, -0.05) is 15.9 Å². The number of nitrogens with zero attached hydrogens (tertiary/aromatic N) is 1. The summed E-state index contributed by atoms with van der Waals surface area (Å²) in [4.78, 5) is 14.6. The molecule has 1 aliphatic heterocycles. The van der Waals surface area contributed by atoms with Crippen molar-refractivity contribution in [1.29, 1.82) is 0 Å². The highest BCUT2D eigenvalue weighted by molar-refractivity contribution is 9.10. The molecule has 0 unspecified atom stereocenters. The second-order valence-electron chi connectivity index (χ2n) is 5.78. The summed E-state index contributed by atoms with van der Waals surface area (Å²) in [6, 6.07) is 13.0. The van der Waals surface area contributed by atoms with Gasteiger partial charge in [0.2, 0.25) is 0 Å². The highest BCUT2D eigenvalue weighted by Crippen LogP contribution is 2.29. The molecule has 5 heteroatoms. The first-order chi connectivity index (χ1) is 11.1. The summed E-state index contributed by atoms with van der Waals surface area (Å²) < 4.78 is 0.948. The normalized spacial score (nSPS) is 14.6. The first-order valence-corrected chi connectivity index (χ1v) is 8.64. The molecule has 0 radical (unpaired) electrons. The van der Waals surface area contributed by atoms with E-state index in [9.17, 15) is 4.79 Å². The molecule has 0 aliphatic carbocycles. The first-order valence-electron chi connectivity index (χ1n) is 7.85. The SMILES string of the molecule is Nc1cc(NC(=O)c2ccc(Br)cc2)ccc1N1CCCCC1. The van der Waals surface area contributed by atoms with Crippen LogP contribution in [0.3, 0.4) is 0 Å². The molecule has 23 heavy (non-hydrogen) atoms. The summed E-state index contributed by atoms with van der Waals surface area (Å²) in [6.45, 7) is 2.10. The molecule has 0 aromatic heterocycles. The molecule has 4 nitrogen and oxygen atoms in total. The maximum absolute atomic E-state index is 12.2. The number of carbonyl (C=O) groups excluding carboxylic acids is 1. The number of nitrogen functional groups attached to an aromatic ring is 1. The van der Waals surface area contributed by atoms with Crippen LogP contribution >= 0.6 is 15.9 Å². The fourth-order valence-electron chi connectivity index (χ4n) is 2.86. The number of rotatable bonds is 3. The monoisotopic (exact) mass is 373 g/mol. The van der Waals surface area contributed by atoms with E-state index in [0.717, 1.165) is 28.9 Å². The van der Waals surface area contributed by atoms with Crippen LogP contribution in [-0.2, 0) is 0 Å². The van der Waals surface area contributed by atoms with Gasteiger partial charge in [-0.15, -0.1) is 0 Å². The number of amides is 1. The van der Waals surface area contributed by atoms with E-state index in [1.165, 1.54) is 19.3 Å². The molecule has 120 valence electrons. The van der Waals surface area contributed by atoms with Crippen LogP contribution in [0, 0.1) is 0 Å². The molecule has 3 rings (SSSR count). The predicted molar refractivity (Wildman–Crippen MR) is 99.0 cm³/mol. The summed E-state index contributed by atoms with van der Waals surface area (Å²) in [5.41, 5.74) is 9.29. The molecule has 2 aromatic carbocycles. The molecule has 0 atom stereocenters. The lowest BCUT2D eigenvalue weighted by Gasteiger charge is -2.30. The van der Waals surface area contributed by atoms with Crippen molar-refractivity contribution in [2.75, 3.05) is 29.0 Å². The van der Waals surface area contributed by atoms with Crippen LogP contribution in [0.2, 0.25) is 0 Å². The van der Waals surface area contributed by atoms with Crippen LogP contribution in [0.15, 0.2) is 46.9 Å². The summed E-state index contributed by atoms with van der Waals surface area (Å²) in [5, 5.41) is 2.90. The Labute approximate surface area is 144 Å². The zero-order valence-corrected chi connectivity index (χ0v) is 14.5. The van der Waals surface area contributed by atoms with Crippen molar-refractivity contribution >= 4 is 38.9 Å². The fraction of sp³-hybridized carbons (Fsp3) is 0.278. The number of hydrogen-bond donors (Lipinski definition) is 2. The molecule has 0 saturated carbocycles. The van der Waals surface area contributed by atoms with Crippen LogP contribution in [0.25, 0.3) is 0 Å². The van der Waals surface area contributed by atoms with Gasteiger partial charge < -0.3 is 16.0 Å². The van der Waals surface area contributed by atoms with Gasteiger partial charge in [-0.25, -0.2) is 0 Å². The van der Waals surface area contributed by atoms with Crippen LogP contribution in [-0.4, -0.2) is 19.0 Å². The molecule has 0 bridgehead atoms. The predicted octanol–water partition coefficient (Wildman–Crippen LogP) is 4.27. The number of carbonyl (C=O) groups is 1. The highest BCUT2D eigenvalue weighted by Gasteiger charge is 2.14. The molecule has 1 aliphatic rings. The topological polar surface area (TPSA) is 58.4 Å². The smallest absolute Gasteiger partial charge is 0.255 e. The zero-order chi connectivity index (χ0) is 16.2. The van der Waals surface area contributed by atoms with Gasteiger partial charge in [-0.05, 0) is 61.7 Å². The summed E-state index contributed by atoms with van der Waals surface area (Å²) in [6.07, 6.45) is 3.71. The largest absolute Gasteiger partial charge is 0.397 e.